The van der Waals surface area contributed by atoms with Crippen molar-refractivity contribution in [3.8, 4) is 11.4 Å². The Balaban J connectivity index is 1.41. The molecule has 29 heavy (non-hydrogen) atoms. The number of anilines is 2. The fourth-order valence-corrected chi connectivity index (χ4v) is 2.88. The van der Waals surface area contributed by atoms with Crippen molar-refractivity contribution in [1.29, 1.82) is 0 Å². The summed E-state index contributed by atoms with van der Waals surface area (Å²) in [5.74, 6) is 2.04. The zero-order valence-corrected chi connectivity index (χ0v) is 15.9. The van der Waals surface area contributed by atoms with E-state index in [-0.39, 0.29) is 5.91 Å². The Morgan fingerprint density at radius 3 is 2.45 bits per heavy atom. The molecule has 4 rings (SSSR count). The lowest BCUT2D eigenvalue weighted by Crippen LogP contribution is -2.22. The van der Waals surface area contributed by atoms with Crippen LogP contribution in [0, 0.1) is 6.92 Å². The van der Waals surface area contributed by atoms with E-state index in [1.165, 1.54) is 0 Å². The summed E-state index contributed by atoms with van der Waals surface area (Å²) in [7, 11) is 0. The second kappa shape index (κ2) is 8.39. The van der Waals surface area contributed by atoms with E-state index >= 15 is 0 Å². The number of nitrogens with one attached hydrogen (secondary N) is 2. The maximum absolute atomic E-state index is 12.4. The van der Waals surface area contributed by atoms with E-state index in [0.717, 1.165) is 28.5 Å². The fraction of sp³-hybridized carbons (Fsp3) is 0.0870. The maximum Gasteiger partial charge on any atom is 0.251 e. The minimum atomic E-state index is -0.168. The summed E-state index contributed by atoms with van der Waals surface area (Å²) in [5.41, 5.74) is 3.04. The number of carbonyl (C=O) groups is 1. The smallest absolute Gasteiger partial charge is 0.251 e. The number of benzene rings is 2. The minimum Gasteiger partial charge on any atom is -0.465 e. The van der Waals surface area contributed by atoms with Crippen molar-refractivity contribution in [1.82, 2.24) is 15.3 Å². The van der Waals surface area contributed by atoms with E-state index in [2.05, 4.69) is 20.6 Å². The van der Waals surface area contributed by atoms with Gasteiger partial charge < -0.3 is 15.1 Å². The highest BCUT2D eigenvalue weighted by atomic mass is 16.3. The molecule has 0 aliphatic carbocycles. The summed E-state index contributed by atoms with van der Waals surface area (Å²) in [5, 5.41) is 6.09. The second-order valence-corrected chi connectivity index (χ2v) is 6.56. The zero-order valence-electron chi connectivity index (χ0n) is 15.9. The van der Waals surface area contributed by atoms with Crippen LogP contribution < -0.4 is 10.6 Å². The molecular weight excluding hydrogens is 364 g/mol. The van der Waals surface area contributed by atoms with Crippen LogP contribution in [0.15, 0.2) is 83.5 Å². The van der Waals surface area contributed by atoms with Gasteiger partial charge in [-0.15, -0.1) is 0 Å². The molecule has 6 heteroatoms. The topological polar surface area (TPSA) is 80.0 Å². The molecule has 6 nitrogen and oxygen atoms in total. The molecule has 144 valence electrons. The van der Waals surface area contributed by atoms with E-state index in [0.29, 0.717) is 17.9 Å². The van der Waals surface area contributed by atoms with Crippen LogP contribution in [0.5, 0.6) is 0 Å². The summed E-state index contributed by atoms with van der Waals surface area (Å²) in [6.45, 7) is 2.22. The SMILES string of the molecule is Cc1ccc(CNC(=O)c2cccc(Nc3cnc(-c4ccccc4)nc3)c2)o1. The molecule has 1 amide bonds. The summed E-state index contributed by atoms with van der Waals surface area (Å²) in [6, 6.07) is 20.8. The Kier molecular flexibility index (Phi) is 5.33. The van der Waals surface area contributed by atoms with Crippen molar-refractivity contribution in [3.05, 3.63) is 96.2 Å². The molecule has 2 aromatic carbocycles. The summed E-state index contributed by atoms with van der Waals surface area (Å²) in [4.78, 5) is 21.2. The zero-order chi connectivity index (χ0) is 20.1. The molecule has 0 bridgehead atoms. The highest BCUT2D eigenvalue weighted by Crippen LogP contribution is 2.19. The normalized spacial score (nSPS) is 10.5. The number of aryl methyl sites for hydroxylation is 1. The van der Waals surface area contributed by atoms with Gasteiger partial charge >= 0.3 is 0 Å². The van der Waals surface area contributed by atoms with Crippen molar-refractivity contribution >= 4 is 17.3 Å². The van der Waals surface area contributed by atoms with Crippen LogP contribution in [0.2, 0.25) is 0 Å². The largest absolute Gasteiger partial charge is 0.465 e. The van der Waals surface area contributed by atoms with Crippen LogP contribution in [-0.4, -0.2) is 15.9 Å². The number of nitrogens with zero attached hydrogens (tertiary/aromatic N) is 2. The number of amides is 1. The van der Waals surface area contributed by atoms with Crippen LogP contribution in [0.4, 0.5) is 11.4 Å². The third kappa shape index (κ3) is 4.68. The Hall–Kier alpha value is -3.93. The van der Waals surface area contributed by atoms with E-state index in [4.69, 9.17) is 4.42 Å². The molecular formula is C23H20N4O2. The van der Waals surface area contributed by atoms with Crippen LogP contribution in [-0.2, 0) is 6.54 Å². The molecule has 0 saturated carbocycles. The molecule has 0 fully saturated rings. The second-order valence-electron chi connectivity index (χ2n) is 6.56. The third-order valence-corrected chi connectivity index (χ3v) is 4.32. The summed E-state index contributed by atoms with van der Waals surface area (Å²) in [6.07, 6.45) is 3.45. The molecule has 0 unspecified atom stereocenters. The molecule has 0 aliphatic rings. The van der Waals surface area contributed by atoms with Gasteiger partial charge in [0.1, 0.15) is 11.5 Å². The quantitative estimate of drug-likeness (QED) is 0.503. The predicted molar refractivity (Wildman–Crippen MR) is 112 cm³/mol. The highest BCUT2D eigenvalue weighted by Gasteiger charge is 2.08. The molecule has 0 spiro atoms. The van der Waals surface area contributed by atoms with E-state index in [1.807, 2.05) is 61.5 Å². The van der Waals surface area contributed by atoms with E-state index in [9.17, 15) is 4.79 Å². The lowest BCUT2D eigenvalue weighted by atomic mass is 10.2. The van der Waals surface area contributed by atoms with Crippen molar-refractivity contribution in [2.45, 2.75) is 13.5 Å². The van der Waals surface area contributed by atoms with Gasteiger partial charge in [-0.25, -0.2) is 9.97 Å². The number of carbonyl (C=O) groups excluding carboxylic acids is 1. The van der Waals surface area contributed by atoms with Crippen LogP contribution in [0.3, 0.4) is 0 Å². The first-order chi connectivity index (χ1) is 14.2. The Labute approximate surface area is 168 Å². The van der Waals surface area contributed by atoms with Gasteiger partial charge in [0.2, 0.25) is 0 Å². The number of hydrogen-bond donors (Lipinski definition) is 2. The van der Waals surface area contributed by atoms with Gasteiger partial charge in [-0.3, -0.25) is 4.79 Å². The van der Waals surface area contributed by atoms with E-state index in [1.54, 1.807) is 24.5 Å². The number of aromatic nitrogens is 2. The Morgan fingerprint density at radius 1 is 0.931 bits per heavy atom. The average molecular weight is 384 g/mol. The molecule has 0 aliphatic heterocycles. The summed E-state index contributed by atoms with van der Waals surface area (Å²) >= 11 is 0. The average Bonchev–Trinajstić information content (AvgIpc) is 3.18. The highest BCUT2D eigenvalue weighted by molar-refractivity contribution is 5.95. The molecule has 0 saturated heterocycles. The van der Waals surface area contributed by atoms with Gasteiger partial charge in [0, 0.05) is 16.8 Å². The van der Waals surface area contributed by atoms with Crippen molar-refractivity contribution in [2.75, 3.05) is 5.32 Å². The van der Waals surface area contributed by atoms with Gasteiger partial charge in [0.15, 0.2) is 5.82 Å². The van der Waals surface area contributed by atoms with E-state index < -0.39 is 0 Å². The van der Waals surface area contributed by atoms with Gasteiger partial charge in [-0.2, -0.15) is 0 Å². The fourth-order valence-electron chi connectivity index (χ4n) is 2.88. The van der Waals surface area contributed by atoms with Gasteiger partial charge in [0.25, 0.3) is 5.91 Å². The molecule has 2 N–H and O–H groups in total. The lowest BCUT2D eigenvalue weighted by Gasteiger charge is -2.09. The molecule has 2 heterocycles. The first-order valence-electron chi connectivity index (χ1n) is 9.25. The number of rotatable bonds is 6. The van der Waals surface area contributed by atoms with Gasteiger partial charge in [-0.05, 0) is 37.3 Å². The predicted octanol–water partition coefficient (Wildman–Crippen LogP) is 4.72. The van der Waals surface area contributed by atoms with Crippen LogP contribution >= 0.6 is 0 Å². The minimum absolute atomic E-state index is 0.168. The first kappa shape index (κ1) is 18.4. The third-order valence-electron chi connectivity index (χ3n) is 4.32. The first-order valence-corrected chi connectivity index (χ1v) is 9.25. The number of hydrogen-bond acceptors (Lipinski definition) is 5. The lowest BCUT2D eigenvalue weighted by molar-refractivity contribution is 0.0948. The Bertz CT molecular complexity index is 1110. The van der Waals surface area contributed by atoms with Crippen LogP contribution in [0.25, 0.3) is 11.4 Å². The molecule has 2 aromatic heterocycles. The monoisotopic (exact) mass is 384 g/mol. The van der Waals surface area contributed by atoms with Crippen molar-refractivity contribution in [2.24, 2.45) is 0 Å². The standard InChI is InChI=1S/C23H20N4O2/c1-16-10-11-21(29-16)15-26-23(28)18-8-5-9-19(12-18)27-20-13-24-22(25-14-20)17-6-3-2-4-7-17/h2-14,27H,15H2,1H3,(H,26,28). The van der Waals surface area contributed by atoms with Gasteiger partial charge in [0.05, 0.1) is 24.6 Å². The van der Waals surface area contributed by atoms with Crippen molar-refractivity contribution < 1.29 is 9.21 Å². The summed E-state index contributed by atoms with van der Waals surface area (Å²) < 4.78 is 5.47. The molecule has 0 atom stereocenters. The molecule has 4 aromatic rings. The van der Waals surface area contributed by atoms with Gasteiger partial charge in [-0.1, -0.05) is 36.4 Å². The molecule has 0 radical (unpaired) electrons. The number of furan rings is 1. The maximum atomic E-state index is 12.4. The Morgan fingerprint density at radius 2 is 1.72 bits per heavy atom. The van der Waals surface area contributed by atoms with Crippen molar-refractivity contribution in [3.63, 3.8) is 0 Å². The van der Waals surface area contributed by atoms with Crippen LogP contribution in [0.1, 0.15) is 21.9 Å².